The zero-order valence-electron chi connectivity index (χ0n) is 9.51. The second-order valence-electron chi connectivity index (χ2n) is 2.91. The van der Waals surface area contributed by atoms with Gasteiger partial charge in [-0.2, -0.15) is 0 Å². The van der Waals surface area contributed by atoms with E-state index in [1.807, 2.05) is 0 Å². The summed E-state index contributed by atoms with van der Waals surface area (Å²) in [5, 5.41) is 33.8. The molecule has 13 heteroatoms. The Kier molecular flexibility index (Phi) is 12.3. The van der Waals surface area contributed by atoms with Crippen LogP contribution in [0.4, 0.5) is 0 Å². The third kappa shape index (κ3) is 17.9. The minimum Gasteiger partial charge on any atom is -0.726 e. The summed E-state index contributed by atoms with van der Waals surface area (Å²) in [4.78, 5) is 30.5. The van der Waals surface area contributed by atoms with Gasteiger partial charge in [-0.3, -0.25) is 14.1 Å². The van der Waals surface area contributed by atoms with E-state index < -0.39 is 46.7 Å². The van der Waals surface area contributed by atoms with Crippen LogP contribution in [0.25, 0.3) is 0 Å². The molecule has 0 heterocycles. The first-order valence-corrected chi connectivity index (χ1v) is 5.22. The summed E-state index contributed by atoms with van der Waals surface area (Å²) in [6.07, 6.45) is -2.29. The number of hydrogen-bond donors (Lipinski definition) is 5. The van der Waals surface area contributed by atoms with Crippen molar-refractivity contribution in [3.8, 4) is 0 Å². The fraction of sp³-hybridized carbons (Fsp3) is 0.500. The minimum absolute atomic E-state index is 0. The normalized spacial score (nSPS) is 10.5. The average Bonchev–Trinajstić information content (AvgIpc) is 1.95. The maximum Gasteiger partial charge on any atom is 1.00 e. The minimum atomic E-state index is -4.92. The van der Waals surface area contributed by atoms with Gasteiger partial charge in [0, 0.05) is 0 Å². The van der Waals surface area contributed by atoms with Gasteiger partial charge in [-0.05, 0) is 0 Å². The van der Waals surface area contributed by atoms with Gasteiger partial charge in [-0.15, -0.1) is 0 Å². The average molecular weight is 328 g/mol. The maximum absolute atomic E-state index is 10.3. The van der Waals surface area contributed by atoms with E-state index in [4.69, 9.17) is 37.9 Å². The van der Waals surface area contributed by atoms with E-state index in [0.29, 0.717) is 0 Å². The molecule has 0 spiro atoms. The van der Waals surface area contributed by atoms with E-state index in [1.165, 1.54) is 0 Å². The van der Waals surface area contributed by atoms with Gasteiger partial charge in [0.15, 0.2) is 5.60 Å². The Labute approximate surface area is 149 Å². The predicted molar refractivity (Wildman–Crippen MR) is 49.4 cm³/mol. The Morgan fingerprint density at radius 1 is 1.00 bits per heavy atom. The van der Waals surface area contributed by atoms with E-state index in [2.05, 4.69) is 0 Å². The van der Waals surface area contributed by atoms with Crippen molar-refractivity contribution < 1.29 is 104 Å². The molecule has 5 N–H and O–H groups in total. The smallest absolute Gasteiger partial charge is 0.726 e. The molecule has 11 nitrogen and oxygen atoms in total. The molecule has 0 aromatic carbocycles. The van der Waals surface area contributed by atoms with Gasteiger partial charge in [0.25, 0.3) is 0 Å². The van der Waals surface area contributed by atoms with Crippen LogP contribution in [0, 0.1) is 0 Å². The Morgan fingerprint density at radius 2 is 1.21 bits per heavy atom. The van der Waals surface area contributed by atoms with Crippen LogP contribution >= 0.6 is 0 Å². The molecule has 0 bridgehead atoms. The van der Waals surface area contributed by atoms with Crippen molar-refractivity contribution in [2.45, 2.75) is 18.4 Å². The molecule has 0 saturated carbocycles. The maximum atomic E-state index is 10.3. The number of carbonyl (C=O) groups is 3. The molecule has 0 aliphatic carbocycles. The number of carboxylic acid groups (broad SMARTS) is 3. The molecule has 0 rings (SSSR count). The zero-order valence-corrected chi connectivity index (χ0v) is 13.4. The Morgan fingerprint density at radius 3 is 1.32 bits per heavy atom. The fourth-order valence-corrected chi connectivity index (χ4v) is 0.714. The van der Waals surface area contributed by atoms with Gasteiger partial charge in [-0.25, -0.2) is 13.2 Å². The SMILES string of the molecule is O=C(O)CC(O)(CC(=O)O)C(=O)O.O=S(=O)([O-])O.[K+]. The molecule has 19 heavy (non-hydrogen) atoms. The third-order valence-corrected chi connectivity index (χ3v) is 1.29. The topological polar surface area (TPSA) is 210 Å². The molecule has 106 valence electrons. The number of aliphatic hydroxyl groups is 1. The quantitative estimate of drug-likeness (QED) is 0.183. The summed E-state index contributed by atoms with van der Waals surface area (Å²) < 4.78 is 32.8. The third-order valence-electron chi connectivity index (χ3n) is 1.29. The van der Waals surface area contributed by atoms with Crippen molar-refractivity contribution >= 4 is 28.3 Å². The van der Waals surface area contributed by atoms with E-state index in [0.717, 1.165) is 0 Å². The van der Waals surface area contributed by atoms with Gasteiger partial charge in [-0.1, -0.05) is 0 Å². The molecule has 0 radical (unpaired) electrons. The van der Waals surface area contributed by atoms with Crippen molar-refractivity contribution in [3.63, 3.8) is 0 Å². The van der Waals surface area contributed by atoms with Crippen molar-refractivity contribution in [1.29, 1.82) is 0 Å². The van der Waals surface area contributed by atoms with Crippen molar-refractivity contribution in [3.05, 3.63) is 0 Å². The van der Waals surface area contributed by atoms with Crippen molar-refractivity contribution in [1.82, 2.24) is 0 Å². The number of aliphatic carboxylic acids is 3. The molecule has 0 saturated heterocycles. The first kappa shape index (κ1) is 23.9. The second-order valence-corrected chi connectivity index (χ2v) is 3.76. The van der Waals surface area contributed by atoms with Crippen molar-refractivity contribution in [2.24, 2.45) is 0 Å². The summed E-state index contributed by atoms with van der Waals surface area (Å²) in [5.41, 5.74) is -2.74. The number of rotatable bonds is 5. The Balaban J connectivity index is -0.000000366. The van der Waals surface area contributed by atoms with Gasteiger partial charge in [0.2, 0.25) is 10.4 Å². The van der Waals surface area contributed by atoms with E-state index in [9.17, 15) is 14.4 Å². The fourth-order valence-electron chi connectivity index (χ4n) is 0.714. The number of hydrogen-bond acceptors (Lipinski definition) is 7. The van der Waals surface area contributed by atoms with E-state index in [-0.39, 0.29) is 51.4 Å². The van der Waals surface area contributed by atoms with Crippen LogP contribution < -0.4 is 51.4 Å². The van der Waals surface area contributed by atoms with Crippen LogP contribution in [0.5, 0.6) is 0 Å². The summed E-state index contributed by atoms with van der Waals surface area (Å²) in [5.74, 6) is -5.02. The van der Waals surface area contributed by atoms with Crippen LogP contribution in [0.2, 0.25) is 0 Å². The van der Waals surface area contributed by atoms with Gasteiger partial charge < -0.3 is 25.0 Å². The predicted octanol–water partition coefficient (Wildman–Crippen LogP) is -5.24. The summed E-state index contributed by atoms with van der Waals surface area (Å²) >= 11 is 0. The van der Waals surface area contributed by atoms with Crippen molar-refractivity contribution in [2.75, 3.05) is 0 Å². The van der Waals surface area contributed by atoms with Crippen LogP contribution in [-0.2, 0) is 24.8 Å². The van der Waals surface area contributed by atoms with Crippen LogP contribution in [0.15, 0.2) is 0 Å². The first-order chi connectivity index (χ1) is 7.78. The van der Waals surface area contributed by atoms with Crippen LogP contribution in [0.3, 0.4) is 0 Å². The van der Waals surface area contributed by atoms with Gasteiger partial charge in [0.1, 0.15) is 0 Å². The molecule has 0 atom stereocenters. The molecular formula is C6H9KO11S. The molecule has 0 aromatic rings. The second kappa shape index (κ2) is 9.73. The first-order valence-electron chi connectivity index (χ1n) is 3.85. The zero-order chi connectivity index (χ0) is 15.1. The van der Waals surface area contributed by atoms with E-state index in [1.54, 1.807) is 0 Å². The molecular weight excluding hydrogens is 319 g/mol. The Bertz CT molecular complexity index is 402. The standard InChI is InChI=1S/C6H8O7.K.H2O4S/c7-3(8)1-6(13,5(11)12)2-4(9)10;;1-5(2,3)4/h13H,1-2H2,(H,7,8)(H,9,10)(H,11,12);;(H2,1,2,3,4)/q;+1;/p-1. The molecule has 0 amide bonds. The van der Waals surface area contributed by atoms with E-state index >= 15 is 0 Å². The van der Waals surface area contributed by atoms with Gasteiger partial charge >= 0.3 is 69.3 Å². The summed E-state index contributed by atoms with van der Waals surface area (Å²) in [7, 11) is -4.92. The van der Waals surface area contributed by atoms with Crippen LogP contribution in [-0.4, -0.2) is 61.5 Å². The largest absolute Gasteiger partial charge is 1.00 e. The summed E-state index contributed by atoms with van der Waals surface area (Å²) in [6, 6.07) is 0. The Hall–Kier alpha value is -0.124. The monoisotopic (exact) mass is 328 g/mol. The number of carboxylic acids is 3. The summed E-state index contributed by atoms with van der Waals surface area (Å²) in [6.45, 7) is 0. The molecule has 0 fully saturated rings. The molecule has 0 unspecified atom stereocenters. The van der Waals surface area contributed by atoms with Gasteiger partial charge in [0.05, 0.1) is 12.8 Å². The molecule has 0 aromatic heterocycles. The van der Waals surface area contributed by atoms with Crippen LogP contribution in [0.1, 0.15) is 12.8 Å². The molecule has 0 aliphatic heterocycles. The molecule has 0 aliphatic rings.